The zero-order chi connectivity index (χ0) is 15.0. The molecule has 1 amide bonds. The van der Waals surface area contributed by atoms with Gasteiger partial charge in [0.25, 0.3) is 0 Å². The van der Waals surface area contributed by atoms with Gasteiger partial charge in [-0.05, 0) is 0 Å². The predicted molar refractivity (Wildman–Crippen MR) is 47.9 cm³/mol. The highest BCUT2D eigenvalue weighted by Gasteiger charge is 2.50. The van der Waals surface area contributed by atoms with Gasteiger partial charge < -0.3 is 10.0 Å². The van der Waals surface area contributed by atoms with Gasteiger partial charge in [-0.2, -0.15) is 26.3 Å². The Morgan fingerprint density at radius 3 is 2.00 bits per heavy atom. The molecular formula is C9H9F6NO3. The molecule has 1 saturated heterocycles. The third-order valence-electron chi connectivity index (χ3n) is 2.78. The molecule has 4 nitrogen and oxygen atoms in total. The maximum Gasteiger partial charge on any atom is 0.471 e. The van der Waals surface area contributed by atoms with Crippen molar-refractivity contribution in [2.75, 3.05) is 13.1 Å². The molecule has 0 bridgehead atoms. The number of carboxylic acids is 1. The molecule has 0 unspecified atom stereocenters. The molecule has 19 heavy (non-hydrogen) atoms. The zero-order valence-corrected chi connectivity index (χ0v) is 9.25. The van der Waals surface area contributed by atoms with Crippen LogP contribution in [0.4, 0.5) is 26.3 Å². The number of rotatable bonds is 2. The van der Waals surface area contributed by atoms with E-state index in [2.05, 4.69) is 0 Å². The molecule has 1 rings (SSSR count). The van der Waals surface area contributed by atoms with Gasteiger partial charge >= 0.3 is 24.2 Å². The molecular weight excluding hydrogens is 284 g/mol. The molecule has 10 heteroatoms. The monoisotopic (exact) mass is 293 g/mol. The van der Waals surface area contributed by atoms with Crippen LogP contribution in [0.25, 0.3) is 0 Å². The van der Waals surface area contributed by atoms with Crippen LogP contribution in [0.3, 0.4) is 0 Å². The number of likely N-dealkylation sites (tertiary alicyclic amines) is 1. The highest BCUT2D eigenvalue weighted by molar-refractivity contribution is 5.83. The third-order valence-corrected chi connectivity index (χ3v) is 2.78. The van der Waals surface area contributed by atoms with Crippen molar-refractivity contribution in [1.82, 2.24) is 4.90 Å². The topological polar surface area (TPSA) is 57.6 Å². The first-order chi connectivity index (χ1) is 8.42. The van der Waals surface area contributed by atoms with Crippen molar-refractivity contribution >= 4 is 11.9 Å². The molecule has 1 N–H and O–H groups in total. The van der Waals surface area contributed by atoms with Crippen LogP contribution in [0.1, 0.15) is 6.42 Å². The summed E-state index contributed by atoms with van der Waals surface area (Å²) >= 11 is 0. The summed E-state index contributed by atoms with van der Waals surface area (Å²) in [5.74, 6) is -7.17. The minimum atomic E-state index is -5.23. The summed E-state index contributed by atoms with van der Waals surface area (Å²) in [7, 11) is 0. The lowest BCUT2D eigenvalue weighted by Crippen LogP contribution is -2.40. The van der Waals surface area contributed by atoms with E-state index in [0.29, 0.717) is 0 Å². The van der Waals surface area contributed by atoms with Crippen LogP contribution in [0.5, 0.6) is 0 Å². The van der Waals surface area contributed by atoms with E-state index in [9.17, 15) is 35.9 Å². The number of alkyl halides is 6. The van der Waals surface area contributed by atoms with Crippen molar-refractivity contribution in [2.45, 2.75) is 18.8 Å². The molecule has 1 heterocycles. The van der Waals surface area contributed by atoms with E-state index in [1.807, 2.05) is 0 Å². The lowest BCUT2D eigenvalue weighted by Gasteiger charge is -2.18. The molecule has 0 aliphatic carbocycles. The van der Waals surface area contributed by atoms with Crippen molar-refractivity contribution in [2.24, 2.45) is 11.8 Å². The molecule has 0 aromatic carbocycles. The first-order valence-corrected chi connectivity index (χ1v) is 5.07. The van der Waals surface area contributed by atoms with Gasteiger partial charge in [-0.3, -0.25) is 9.59 Å². The van der Waals surface area contributed by atoms with Gasteiger partial charge in [-0.15, -0.1) is 0 Å². The minimum absolute atomic E-state index is 0.106. The van der Waals surface area contributed by atoms with Gasteiger partial charge in [0.15, 0.2) is 0 Å². The number of aliphatic carboxylic acids is 1. The molecule has 0 aromatic rings. The maximum absolute atomic E-state index is 12.2. The highest BCUT2D eigenvalue weighted by atomic mass is 19.4. The number of carbonyl (C=O) groups excluding carboxylic acids is 1. The van der Waals surface area contributed by atoms with Crippen molar-refractivity contribution in [3.63, 3.8) is 0 Å². The summed E-state index contributed by atoms with van der Waals surface area (Å²) < 4.78 is 73.0. The molecule has 1 aliphatic heterocycles. The van der Waals surface area contributed by atoms with E-state index in [0.717, 1.165) is 0 Å². The minimum Gasteiger partial charge on any atom is -0.481 e. The van der Waals surface area contributed by atoms with E-state index in [-0.39, 0.29) is 4.90 Å². The standard InChI is InChI=1S/C9H9F6NO3/c10-8(11,12)1-4-2-16(3-5(4)6(17)18)7(19)9(13,14)15/h4-5H,1-3H2,(H,17,18)/t4-,5-/m1/s1. The second-order valence-electron chi connectivity index (χ2n) is 4.23. The van der Waals surface area contributed by atoms with Gasteiger partial charge in [-0.25, -0.2) is 0 Å². The van der Waals surface area contributed by atoms with Crippen molar-refractivity contribution in [3.05, 3.63) is 0 Å². The smallest absolute Gasteiger partial charge is 0.471 e. The number of halogens is 6. The van der Waals surface area contributed by atoms with Gasteiger partial charge in [-0.1, -0.05) is 0 Å². The van der Waals surface area contributed by atoms with Crippen LogP contribution in [0.2, 0.25) is 0 Å². The van der Waals surface area contributed by atoms with Crippen molar-refractivity contribution in [3.8, 4) is 0 Å². The Labute approximate surface area is 103 Å². The number of hydrogen-bond acceptors (Lipinski definition) is 2. The number of hydrogen-bond donors (Lipinski definition) is 1. The van der Waals surface area contributed by atoms with Gasteiger partial charge in [0, 0.05) is 25.4 Å². The summed E-state index contributed by atoms with van der Waals surface area (Å²) in [4.78, 5) is 21.7. The number of carbonyl (C=O) groups is 2. The molecule has 2 atom stereocenters. The first kappa shape index (κ1) is 15.6. The molecule has 0 radical (unpaired) electrons. The molecule has 1 aliphatic rings. The lowest BCUT2D eigenvalue weighted by molar-refractivity contribution is -0.185. The number of carboxylic acid groups (broad SMARTS) is 1. The Morgan fingerprint density at radius 1 is 1.11 bits per heavy atom. The second-order valence-corrected chi connectivity index (χ2v) is 4.23. The largest absolute Gasteiger partial charge is 0.481 e. The first-order valence-electron chi connectivity index (χ1n) is 5.07. The van der Waals surface area contributed by atoms with Crippen LogP contribution in [0.15, 0.2) is 0 Å². The predicted octanol–water partition coefficient (Wildman–Crippen LogP) is 1.66. The Morgan fingerprint density at radius 2 is 1.63 bits per heavy atom. The number of amides is 1. The average molecular weight is 293 g/mol. The summed E-state index contributed by atoms with van der Waals surface area (Å²) in [6, 6.07) is 0. The van der Waals surface area contributed by atoms with E-state index >= 15 is 0 Å². The zero-order valence-electron chi connectivity index (χ0n) is 9.25. The summed E-state index contributed by atoms with van der Waals surface area (Å²) in [6.45, 7) is -1.73. The fraction of sp³-hybridized carbons (Fsp3) is 0.778. The normalized spacial score (nSPS) is 24.6. The van der Waals surface area contributed by atoms with Crippen LogP contribution in [0, 0.1) is 11.8 Å². The summed E-state index contributed by atoms with van der Waals surface area (Å²) in [6.07, 6.45) is -11.5. The quantitative estimate of drug-likeness (QED) is 0.788. The number of nitrogens with zero attached hydrogens (tertiary/aromatic N) is 1. The average Bonchev–Trinajstić information content (AvgIpc) is 2.56. The fourth-order valence-corrected chi connectivity index (χ4v) is 2.00. The molecule has 0 aromatic heterocycles. The third kappa shape index (κ3) is 4.00. The molecule has 1 fully saturated rings. The van der Waals surface area contributed by atoms with E-state index in [1.165, 1.54) is 0 Å². The Bertz CT molecular complexity index is 377. The van der Waals surface area contributed by atoms with Crippen molar-refractivity contribution < 1.29 is 41.0 Å². The molecule has 0 saturated carbocycles. The van der Waals surface area contributed by atoms with Gasteiger partial charge in [0.05, 0.1) is 5.92 Å². The van der Waals surface area contributed by atoms with Gasteiger partial charge in [0.1, 0.15) is 0 Å². The van der Waals surface area contributed by atoms with Crippen molar-refractivity contribution in [1.29, 1.82) is 0 Å². The van der Waals surface area contributed by atoms with E-state index in [1.54, 1.807) is 0 Å². The highest BCUT2D eigenvalue weighted by Crippen LogP contribution is 2.35. The fourth-order valence-electron chi connectivity index (χ4n) is 2.00. The SMILES string of the molecule is O=C(O)[C@@H]1CN(C(=O)C(F)(F)F)C[C@H]1CC(F)(F)F. The Balaban J connectivity index is 2.84. The second kappa shape index (κ2) is 4.89. The summed E-state index contributed by atoms with van der Waals surface area (Å²) in [5.41, 5.74) is 0. The Hall–Kier alpha value is -1.48. The maximum atomic E-state index is 12.2. The van der Waals surface area contributed by atoms with E-state index < -0.39 is 55.6 Å². The van der Waals surface area contributed by atoms with Crippen LogP contribution < -0.4 is 0 Å². The van der Waals surface area contributed by atoms with E-state index in [4.69, 9.17) is 5.11 Å². The molecule has 0 spiro atoms. The van der Waals surface area contributed by atoms with Crippen LogP contribution in [-0.2, 0) is 9.59 Å². The van der Waals surface area contributed by atoms with Crippen LogP contribution in [-0.4, -0.2) is 47.3 Å². The Kier molecular flexibility index (Phi) is 4.01. The van der Waals surface area contributed by atoms with Crippen LogP contribution >= 0.6 is 0 Å². The molecule has 110 valence electrons. The van der Waals surface area contributed by atoms with Gasteiger partial charge in [0.2, 0.25) is 0 Å². The lowest BCUT2D eigenvalue weighted by atomic mass is 9.93. The summed E-state index contributed by atoms with van der Waals surface area (Å²) in [5, 5.41) is 8.70.